The van der Waals surface area contributed by atoms with Gasteiger partial charge in [0.1, 0.15) is 6.61 Å². The van der Waals surface area contributed by atoms with Crippen molar-refractivity contribution >= 4 is 0 Å². The highest BCUT2D eigenvalue weighted by atomic mass is 16.5. The van der Waals surface area contributed by atoms with E-state index in [2.05, 4.69) is 0 Å². The number of hydrogen-bond donors (Lipinski definition) is 0. The molecule has 0 radical (unpaired) electrons. The van der Waals surface area contributed by atoms with E-state index < -0.39 is 0 Å². The van der Waals surface area contributed by atoms with E-state index >= 15 is 0 Å². The lowest BCUT2D eigenvalue weighted by molar-refractivity contribution is 0.300. The van der Waals surface area contributed by atoms with Gasteiger partial charge in [-0.15, -0.1) is 0 Å². The van der Waals surface area contributed by atoms with E-state index in [0.717, 1.165) is 0 Å². The Balaban J connectivity index is 2.86. The average Bonchev–Trinajstić information content (AvgIpc) is 2.28. The third-order valence-electron chi connectivity index (χ3n) is 2.10. The number of rotatable bonds is 5. The molecule has 0 N–H and O–H groups in total. The second-order valence-corrected chi connectivity index (χ2v) is 3.58. The van der Waals surface area contributed by atoms with Crippen LogP contribution in [0.2, 0.25) is 0 Å². The van der Waals surface area contributed by atoms with Crippen LogP contribution in [-0.2, 0) is 0 Å². The smallest absolute Gasteiger partial charge is 0.203 e. The molecule has 0 aromatic heterocycles. The Labute approximate surface area is 96.6 Å². The summed E-state index contributed by atoms with van der Waals surface area (Å²) in [5.74, 6) is 2.01. The Morgan fingerprint density at radius 3 is 2.12 bits per heavy atom. The minimum absolute atomic E-state index is 0.513. The maximum absolute atomic E-state index is 5.63. The first-order valence-electron chi connectivity index (χ1n) is 5.16. The molecule has 3 nitrogen and oxygen atoms in total. The van der Waals surface area contributed by atoms with Gasteiger partial charge >= 0.3 is 0 Å². The highest BCUT2D eigenvalue weighted by molar-refractivity contribution is 5.51. The molecule has 0 aliphatic rings. The summed E-state index contributed by atoms with van der Waals surface area (Å²) in [6.45, 7) is 4.57. The van der Waals surface area contributed by atoms with Gasteiger partial charge in [0, 0.05) is 0 Å². The highest BCUT2D eigenvalue weighted by Crippen LogP contribution is 2.36. The SMILES string of the molecule is COc1cccc(OC)c1OCC=C(C)C. The summed E-state index contributed by atoms with van der Waals surface area (Å²) in [5.41, 5.74) is 1.22. The molecule has 0 saturated heterocycles. The van der Waals surface area contributed by atoms with Gasteiger partial charge in [-0.3, -0.25) is 0 Å². The summed E-state index contributed by atoms with van der Waals surface area (Å²) >= 11 is 0. The quantitative estimate of drug-likeness (QED) is 0.717. The van der Waals surface area contributed by atoms with Crippen molar-refractivity contribution in [3.8, 4) is 17.2 Å². The summed E-state index contributed by atoms with van der Waals surface area (Å²) in [4.78, 5) is 0. The molecule has 1 aromatic rings. The Kier molecular flexibility index (Phi) is 4.70. The molecular weight excluding hydrogens is 204 g/mol. The number of para-hydroxylation sites is 1. The Hall–Kier alpha value is -1.64. The van der Waals surface area contributed by atoms with Crippen molar-refractivity contribution in [3.05, 3.63) is 29.8 Å². The normalized spacial score (nSPS) is 9.50. The minimum Gasteiger partial charge on any atom is -0.493 e. The third kappa shape index (κ3) is 3.19. The zero-order valence-corrected chi connectivity index (χ0v) is 10.2. The van der Waals surface area contributed by atoms with Crippen molar-refractivity contribution in [2.75, 3.05) is 20.8 Å². The molecule has 88 valence electrons. The number of benzene rings is 1. The van der Waals surface area contributed by atoms with Crippen LogP contribution in [0.3, 0.4) is 0 Å². The number of methoxy groups -OCH3 is 2. The van der Waals surface area contributed by atoms with E-state index in [-0.39, 0.29) is 0 Å². The van der Waals surface area contributed by atoms with Crippen molar-refractivity contribution in [1.29, 1.82) is 0 Å². The molecule has 0 amide bonds. The van der Waals surface area contributed by atoms with Crippen molar-refractivity contribution in [3.63, 3.8) is 0 Å². The zero-order valence-electron chi connectivity index (χ0n) is 10.2. The van der Waals surface area contributed by atoms with Crippen LogP contribution >= 0.6 is 0 Å². The van der Waals surface area contributed by atoms with E-state index in [0.29, 0.717) is 23.9 Å². The van der Waals surface area contributed by atoms with E-state index in [1.54, 1.807) is 14.2 Å². The Morgan fingerprint density at radius 2 is 1.69 bits per heavy atom. The first-order valence-corrected chi connectivity index (χ1v) is 5.16. The van der Waals surface area contributed by atoms with Crippen molar-refractivity contribution < 1.29 is 14.2 Å². The first-order chi connectivity index (χ1) is 7.69. The summed E-state index contributed by atoms with van der Waals surface area (Å²) in [6.07, 6.45) is 2.01. The molecule has 0 aliphatic carbocycles. The minimum atomic E-state index is 0.513. The molecule has 0 saturated carbocycles. The van der Waals surface area contributed by atoms with Gasteiger partial charge < -0.3 is 14.2 Å². The van der Waals surface area contributed by atoms with E-state index in [4.69, 9.17) is 14.2 Å². The molecule has 0 atom stereocenters. The van der Waals surface area contributed by atoms with Gasteiger partial charge in [0.05, 0.1) is 14.2 Å². The fraction of sp³-hybridized carbons (Fsp3) is 0.385. The van der Waals surface area contributed by atoms with Crippen LogP contribution in [0.5, 0.6) is 17.2 Å². The molecule has 1 aromatic carbocycles. The standard InChI is InChI=1S/C13H18O3/c1-10(2)8-9-16-13-11(14-3)6-5-7-12(13)15-4/h5-8H,9H2,1-4H3. The molecule has 0 aliphatic heterocycles. The lowest BCUT2D eigenvalue weighted by Crippen LogP contribution is -1.99. The third-order valence-corrected chi connectivity index (χ3v) is 2.10. The predicted molar refractivity (Wildman–Crippen MR) is 64.5 cm³/mol. The number of hydrogen-bond acceptors (Lipinski definition) is 3. The van der Waals surface area contributed by atoms with Crippen molar-refractivity contribution in [2.24, 2.45) is 0 Å². The van der Waals surface area contributed by atoms with Gasteiger partial charge in [0.15, 0.2) is 11.5 Å². The predicted octanol–water partition coefficient (Wildman–Crippen LogP) is 3.05. The van der Waals surface area contributed by atoms with Gasteiger partial charge in [-0.1, -0.05) is 11.6 Å². The second-order valence-electron chi connectivity index (χ2n) is 3.58. The zero-order chi connectivity index (χ0) is 12.0. The molecule has 1 rings (SSSR count). The molecule has 0 heterocycles. The lowest BCUT2D eigenvalue weighted by atomic mass is 10.3. The fourth-order valence-electron chi connectivity index (χ4n) is 1.25. The number of allylic oxidation sites excluding steroid dienone is 1. The summed E-state index contributed by atoms with van der Waals surface area (Å²) in [5, 5.41) is 0. The van der Waals surface area contributed by atoms with Crippen LogP contribution in [-0.4, -0.2) is 20.8 Å². The molecule has 3 heteroatoms. The second kappa shape index (κ2) is 6.05. The molecule has 0 spiro atoms. The summed E-state index contributed by atoms with van der Waals surface area (Å²) < 4.78 is 16.1. The van der Waals surface area contributed by atoms with Gasteiger partial charge in [0.25, 0.3) is 0 Å². The fourth-order valence-corrected chi connectivity index (χ4v) is 1.25. The Morgan fingerprint density at radius 1 is 1.12 bits per heavy atom. The molecular formula is C13H18O3. The molecule has 0 fully saturated rings. The maximum atomic E-state index is 5.63. The number of ether oxygens (including phenoxy) is 3. The van der Waals surface area contributed by atoms with Crippen molar-refractivity contribution in [1.82, 2.24) is 0 Å². The van der Waals surface area contributed by atoms with Crippen LogP contribution in [0.15, 0.2) is 29.8 Å². The topological polar surface area (TPSA) is 27.7 Å². The van der Waals surface area contributed by atoms with Crippen LogP contribution in [0, 0.1) is 0 Å². The summed E-state index contributed by atoms with van der Waals surface area (Å²) in [7, 11) is 3.23. The van der Waals surface area contributed by atoms with Crippen molar-refractivity contribution in [2.45, 2.75) is 13.8 Å². The average molecular weight is 222 g/mol. The van der Waals surface area contributed by atoms with Crippen LogP contribution < -0.4 is 14.2 Å². The Bertz CT molecular complexity index is 343. The largest absolute Gasteiger partial charge is 0.493 e. The van der Waals surface area contributed by atoms with E-state index in [9.17, 15) is 0 Å². The van der Waals surface area contributed by atoms with Crippen LogP contribution in [0.4, 0.5) is 0 Å². The van der Waals surface area contributed by atoms with Gasteiger partial charge in [-0.2, -0.15) is 0 Å². The molecule has 16 heavy (non-hydrogen) atoms. The summed E-state index contributed by atoms with van der Waals surface area (Å²) in [6, 6.07) is 5.56. The monoisotopic (exact) mass is 222 g/mol. The molecule has 0 unspecified atom stereocenters. The van der Waals surface area contributed by atoms with E-state index in [1.807, 2.05) is 38.1 Å². The van der Waals surface area contributed by atoms with Gasteiger partial charge in [-0.25, -0.2) is 0 Å². The van der Waals surface area contributed by atoms with Crippen LogP contribution in [0.1, 0.15) is 13.8 Å². The molecule has 0 bridgehead atoms. The highest BCUT2D eigenvalue weighted by Gasteiger charge is 2.09. The van der Waals surface area contributed by atoms with Gasteiger partial charge in [0.2, 0.25) is 5.75 Å². The van der Waals surface area contributed by atoms with Gasteiger partial charge in [-0.05, 0) is 32.1 Å². The first kappa shape index (κ1) is 12.4. The lowest BCUT2D eigenvalue weighted by Gasteiger charge is -2.12. The van der Waals surface area contributed by atoms with E-state index in [1.165, 1.54) is 5.57 Å². The maximum Gasteiger partial charge on any atom is 0.203 e. The van der Waals surface area contributed by atoms with Crippen LogP contribution in [0.25, 0.3) is 0 Å².